The van der Waals surface area contributed by atoms with Gasteiger partial charge in [-0.15, -0.1) is 0 Å². The summed E-state index contributed by atoms with van der Waals surface area (Å²) in [5.74, 6) is 3.55. The fourth-order valence-electron chi connectivity index (χ4n) is 3.92. The molecule has 7 nitrogen and oxygen atoms in total. The van der Waals surface area contributed by atoms with Crippen LogP contribution in [0.5, 0.6) is 11.5 Å². The average molecular weight is 416 g/mol. The van der Waals surface area contributed by atoms with Gasteiger partial charge < -0.3 is 20.1 Å². The van der Waals surface area contributed by atoms with Crippen LogP contribution in [0.3, 0.4) is 0 Å². The van der Waals surface area contributed by atoms with Crippen molar-refractivity contribution in [2.75, 3.05) is 38.8 Å². The minimum absolute atomic E-state index is 0.509. The number of hydrogen-bond acceptors (Lipinski definition) is 6. The van der Waals surface area contributed by atoms with Crippen molar-refractivity contribution in [3.05, 3.63) is 35.6 Å². The molecule has 0 atom stereocenters. The van der Waals surface area contributed by atoms with E-state index in [1.165, 1.54) is 0 Å². The number of hydrogen-bond donors (Lipinski definition) is 1. The Labute approximate surface area is 175 Å². The van der Waals surface area contributed by atoms with Crippen molar-refractivity contribution < 1.29 is 9.47 Å². The smallest absolute Gasteiger partial charge is 0.236 e. The fraction of sp³-hybridized carbons (Fsp3) is 0.429. The molecular formula is C21H26ClN5O2. The maximum absolute atomic E-state index is 6.32. The third-order valence-electron chi connectivity index (χ3n) is 5.57. The van der Waals surface area contributed by atoms with Crippen molar-refractivity contribution in [3.8, 4) is 22.8 Å². The molecule has 8 heteroatoms. The molecule has 0 radical (unpaired) electrons. The largest absolute Gasteiger partial charge is 0.496 e. The van der Waals surface area contributed by atoms with Crippen LogP contribution in [0.15, 0.2) is 30.6 Å². The fourth-order valence-corrected chi connectivity index (χ4v) is 4.16. The Kier molecular flexibility index (Phi) is 5.78. The summed E-state index contributed by atoms with van der Waals surface area (Å²) >= 11 is 6.32. The Morgan fingerprint density at radius 2 is 1.90 bits per heavy atom. The number of nitrogens with two attached hydrogens (primary N) is 1. The van der Waals surface area contributed by atoms with Gasteiger partial charge in [-0.25, -0.2) is 4.98 Å². The first-order valence-corrected chi connectivity index (χ1v) is 10.2. The first-order valence-electron chi connectivity index (χ1n) is 9.85. The number of rotatable bonds is 6. The van der Waals surface area contributed by atoms with Crippen LogP contribution in [-0.2, 0) is 0 Å². The van der Waals surface area contributed by atoms with Gasteiger partial charge in [-0.05, 0) is 43.9 Å². The topological polar surface area (TPSA) is 77.9 Å². The molecule has 3 aromatic rings. The molecular weight excluding hydrogens is 390 g/mol. The van der Waals surface area contributed by atoms with E-state index in [1.54, 1.807) is 20.3 Å². The van der Waals surface area contributed by atoms with Crippen molar-refractivity contribution in [2.45, 2.75) is 19.3 Å². The second kappa shape index (κ2) is 8.47. The second-order valence-corrected chi connectivity index (χ2v) is 7.72. The van der Waals surface area contributed by atoms with E-state index in [-0.39, 0.29) is 0 Å². The number of halogens is 1. The van der Waals surface area contributed by atoms with Gasteiger partial charge in [-0.1, -0.05) is 11.6 Å². The maximum Gasteiger partial charge on any atom is 0.236 e. The predicted molar refractivity (Wildman–Crippen MR) is 115 cm³/mol. The maximum atomic E-state index is 6.32. The Bertz CT molecular complexity index is 998. The summed E-state index contributed by atoms with van der Waals surface area (Å²) in [5, 5.41) is 0.509. The van der Waals surface area contributed by atoms with E-state index >= 15 is 0 Å². The summed E-state index contributed by atoms with van der Waals surface area (Å²) in [6.45, 7) is 2.78. The van der Waals surface area contributed by atoms with E-state index in [9.17, 15) is 0 Å². The van der Waals surface area contributed by atoms with E-state index in [1.807, 2.05) is 28.9 Å². The van der Waals surface area contributed by atoms with Gasteiger partial charge in [0, 0.05) is 37.1 Å². The number of piperidine rings is 1. The monoisotopic (exact) mass is 415 g/mol. The third-order valence-corrected chi connectivity index (χ3v) is 5.87. The quantitative estimate of drug-likeness (QED) is 0.662. The molecule has 154 valence electrons. The molecule has 0 aliphatic carbocycles. The molecule has 1 aliphatic rings. The van der Waals surface area contributed by atoms with Crippen LogP contribution in [0.1, 0.15) is 19.3 Å². The van der Waals surface area contributed by atoms with E-state index in [0.717, 1.165) is 61.9 Å². The van der Waals surface area contributed by atoms with E-state index in [4.69, 9.17) is 36.8 Å². The molecule has 0 spiro atoms. The molecule has 0 amide bonds. The Hall–Kier alpha value is -2.51. The predicted octanol–water partition coefficient (Wildman–Crippen LogP) is 3.63. The van der Waals surface area contributed by atoms with Gasteiger partial charge in [0.05, 0.1) is 24.9 Å². The highest BCUT2D eigenvalue weighted by Gasteiger charge is 2.20. The van der Waals surface area contributed by atoms with Crippen molar-refractivity contribution in [3.63, 3.8) is 0 Å². The van der Waals surface area contributed by atoms with E-state index in [0.29, 0.717) is 22.3 Å². The van der Waals surface area contributed by atoms with Gasteiger partial charge in [0.15, 0.2) is 0 Å². The summed E-state index contributed by atoms with van der Waals surface area (Å²) < 4.78 is 12.7. The number of methoxy groups -OCH3 is 2. The average Bonchev–Trinajstić information content (AvgIpc) is 3.17. The first-order chi connectivity index (χ1) is 14.1. The lowest BCUT2D eigenvalue weighted by Gasteiger charge is -2.32. The normalized spacial score (nSPS) is 15.1. The molecule has 1 aromatic carbocycles. The molecule has 3 heterocycles. The summed E-state index contributed by atoms with van der Waals surface area (Å²) in [6, 6.07) is 5.62. The highest BCUT2D eigenvalue weighted by Crippen LogP contribution is 2.38. The van der Waals surface area contributed by atoms with Crippen LogP contribution < -0.4 is 20.1 Å². The number of nitrogens with zero attached hydrogens (tertiary/aromatic N) is 4. The number of benzene rings is 1. The molecule has 1 aliphatic heterocycles. The van der Waals surface area contributed by atoms with Gasteiger partial charge in [0.1, 0.15) is 17.3 Å². The van der Waals surface area contributed by atoms with Crippen molar-refractivity contribution >= 4 is 23.2 Å². The zero-order valence-electron chi connectivity index (χ0n) is 16.8. The van der Waals surface area contributed by atoms with Crippen LogP contribution in [0.4, 0.5) is 5.82 Å². The van der Waals surface area contributed by atoms with Crippen LogP contribution >= 0.6 is 11.6 Å². The summed E-state index contributed by atoms with van der Waals surface area (Å²) in [7, 11) is 3.20. The summed E-state index contributed by atoms with van der Waals surface area (Å²) in [6.07, 6.45) is 7.35. The lowest BCUT2D eigenvalue weighted by atomic mass is 9.94. The van der Waals surface area contributed by atoms with Crippen molar-refractivity contribution in [2.24, 2.45) is 11.7 Å². The van der Waals surface area contributed by atoms with Gasteiger partial charge in [-0.3, -0.25) is 4.40 Å². The molecule has 2 aromatic heterocycles. The highest BCUT2D eigenvalue weighted by molar-refractivity contribution is 6.32. The minimum Gasteiger partial charge on any atom is -0.496 e. The standard InChI is InChI=1S/C21H26ClN5O2/c1-28-18-12-19(29-2)16(22)11-15(18)17-13-27-10-6-20(25-21(27)24-17)26-8-4-14(3-7-23)5-9-26/h6,10-14H,3-5,7-9,23H2,1-2H3. The molecule has 0 unspecified atom stereocenters. The van der Waals surface area contributed by atoms with Gasteiger partial charge in [0.2, 0.25) is 5.78 Å². The van der Waals surface area contributed by atoms with Crippen molar-refractivity contribution in [1.82, 2.24) is 14.4 Å². The SMILES string of the molecule is COc1cc(OC)c(-c2cn3ccc(N4CCC(CCN)CC4)nc3n2)cc1Cl. The highest BCUT2D eigenvalue weighted by atomic mass is 35.5. The molecule has 2 N–H and O–H groups in total. The zero-order chi connectivity index (χ0) is 20.4. The van der Waals surface area contributed by atoms with Crippen LogP contribution in [0.25, 0.3) is 17.0 Å². The lowest BCUT2D eigenvalue weighted by molar-refractivity contribution is 0.385. The minimum atomic E-state index is 0.509. The van der Waals surface area contributed by atoms with Gasteiger partial charge in [0.25, 0.3) is 0 Å². The molecule has 29 heavy (non-hydrogen) atoms. The Morgan fingerprint density at radius 1 is 1.14 bits per heavy atom. The molecule has 4 rings (SSSR count). The van der Waals surface area contributed by atoms with Crippen molar-refractivity contribution in [1.29, 1.82) is 0 Å². The number of anilines is 1. The second-order valence-electron chi connectivity index (χ2n) is 7.31. The van der Waals surface area contributed by atoms with Crippen LogP contribution in [0, 0.1) is 5.92 Å². The number of fused-ring (bicyclic) bond motifs is 1. The number of ether oxygens (including phenoxy) is 2. The Balaban J connectivity index is 1.62. The van der Waals surface area contributed by atoms with Crippen LogP contribution in [-0.4, -0.2) is 48.2 Å². The number of imidazole rings is 1. The molecule has 0 saturated carbocycles. The van der Waals surface area contributed by atoms with E-state index < -0.39 is 0 Å². The molecule has 1 saturated heterocycles. The van der Waals surface area contributed by atoms with Gasteiger partial charge >= 0.3 is 0 Å². The lowest BCUT2D eigenvalue weighted by Crippen LogP contribution is -2.34. The van der Waals surface area contributed by atoms with Gasteiger partial charge in [-0.2, -0.15) is 4.98 Å². The molecule has 0 bridgehead atoms. The summed E-state index contributed by atoms with van der Waals surface area (Å²) in [4.78, 5) is 11.8. The van der Waals surface area contributed by atoms with E-state index in [2.05, 4.69) is 4.90 Å². The third kappa shape index (κ3) is 3.97. The molecule has 1 fully saturated rings. The van der Waals surface area contributed by atoms with Crippen LogP contribution in [0.2, 0.25) is 5.02 Å². The first kappa shape index (κ1) is 19.8. The summed E-state index contributed by atoms with van der Waals surface area (Å²) in [5.41, 5.74) is 7.25. The Morgan fingerprint density at radius 3 is 2.59 bits per heavy atom. The number of aromatic nitrogens is 3. The zero-order valence-corrected chi connectivity index (χ0v) is 17.5.